The first kappa shape index (κ1) is 16.7. The molecule has 0 bridgehead atoms. The van der Waals surface area contributed by atoms with Gasteiger partial charge in [0.25, 0.3) is 0 Å². The van der Waals surface area contributed by atoms with Crippen LogP contribution in [0.1, 0.15) is 15.3 Å². The summed E-state index contributed by atoms with van der Waals surface area (Å²) in [5.41, 5.74) is 6.08. The minimum Gasteiger partial charge on any atom is -0.326 e. The van der Waals surface area contributed by atoms with Crippen molar-refractivity contribution in [1.29, 1.82) is 0 Å². The fourth-order valence-corrected chi connectivity index (χ4v) is 4.56. The van der Waals surface area contributed by atoms with Gasteiger partial charge in [-0.25, -0.2) is 13.1 Å². The molecule has 0 saturated heterocycles. The van der Waals surface area contributed by atoms with Crippen molar-refractivity contribution in [2.24, 2.45) is 5.73 Å². The number of hydrogen-bond acceptors (Lipinski definition) is 4. The van der Waals surface area contributed by atoms with Crippen LogP contribution < -0.4 is 10.5 Å². The summed E-state index contributed by atoms with van der Waals surface area (Å²) in [4.78, 5) is 2.04. The molecule has 0 fully saturated rings. The monoisotopic (exact) mass is 364 g/mol. The lowest BCUT2D eigenvalue weighted by Gasteiger charge is -2.10. The Balaban J connectivity index is 2.27. The van der Waals surface area contributed by atoms with E-state index >= 15 is 0 Å². The number of benzene rings is 1. The number of sulfonamides is 1. The predicted octanol–water partition coefficient (Wildman–Crippen LogP) is 3.30. The minimum atomic E-state index is -3.72. The van der Waals surface area contributed by atoms with Crippen LogP contribution in [0.25, 0.3) is 0 Å². The molecule has 0 atom stereocenters. The predicted molar refractivity (Wildman–Crippen MR) is 87.4 cm³/mol. The Hall–Kier alpha value is -0.630. The third-order valence-electron chi connectivity index (χ3n) is 2.84. The molecule has 8 heteroatoms. The molecular formula is C13H14Cl2N2O2S2. The van der Waals surface area contributed by atoms with Gasteiger partial charge >= 0.3 is 0 Å². The molecule has 1 aromatic heterocycles. The molecule has 0 spiro atoms. The first-order valence-electron chi connectivity index (χ1n) is 6.06. The van der Waals surface area contributed by atoms with Crippen LogP contribution in [-0.2, 0) is 23.1 Å². The number of thiophene rings is 1. The van der Waals surface area contributed by atoms with Crippen LogP contribution in [0.3, 0.4) is 0 Å². The number of rotatable bonds is 5. The summed E-state index contributed by atoms with van der Waals surface area (Å²) in [6.07, 6.45) is 0. The third-order valence-corrected chi connectivity index (χ3v) is 6.06. The normalized spacial score (nSPS) is 11.8. The minimum absolute atomic E-state index is 0.0118. The third kappa shape index (κ3) is 3.97. The average molecular weight is 365 g/mol. The van der Waals surface area contributed by atoms with Gasteiger partial charge in [-0.2, -0.15) is 0 Å². The molecule has 1 aromatic carbocycles. The zero-order valence-electron chi connectivity index (χ0n) is 11.2. The Labute approximate surface area is 137 Å². The quantitative estimate of drug-likeness (QED) is 0.854. The fourth-order valence-electron chi connectivity index (χ4n) is 1.76. The van der Waals surface area contributed by atoms with Gasteiger partial charge in [0.2, 0.25) is 10.0 Å². The number of hydrogen-bond donors (Lipinski definition) is 2. The molecule has 0 aliphatic carbocycles. The van der Waals surface area contributed by atoms with E-state index in [0.29, 0.717) is 10.6 Å². The van der Waals surface area contributed by atoms with E-state index in [1.54, 1.807) is 0 Å². The van der Waals surface area contributed by atoms with Crippen LogP contribution in [0.15, 0.2) is 29.2 Å². The maximum absolute atomic E-state index is 12.3. The second-order valence-electron chi connectivity index (χ2n) is 4.42. The van der Waals surface area contributed by atoms with Crippen molar-refractivity contribution >= 4 is 44.6 Å². The topological polar surface area (TPSA) is 72.2 Å². The summed E-state index contributed by atoms with van der Waals surface area (Å²) in [7, 11) is -3.72. The molecule has 0 radical (unpaired) electrons. The van der Waals surface area contributed by atoms with Gasteiger partial charge < -0.3 is 5.73 Å². The van der Waals surface area contributed by atoms with Gasteiger partial charge in [0.1, 0.15) is 4.90 Å². The molecule has 21 heavy (non-hydrogen) atoms. The van der Waals surface area contributed by atoms with Crippen molar-refractivity contribution in [1.82, 2.24) is 4.72 Å². The lowest BCUT2D eigenvalue weighted by Crippen LogP contribution is -2.23. The Morgan fingerprint density at radius 3 is 2.52 bits per heavy atom. The van der Waals surface area contributed by atoms with E-state index in [9.17, 15) is 8.42 Å². The van der Waals surface area contributed by atoms with Crippen molar-refractivity contribution in [2.75, 3.05) is 0 Å². The summed E-state index contributed by atoms with van der Waals surface area (Å²) < 4.78 is 27.2. The fraction of sp³-hybridized carbons (Fsp3) is 0.231. The SMILES string of the molecule is Cc1ccc(CNS(=O)(=O)c2cc(CN)c(Cl)cc2Cl)s1. The van der Waals surface area contributed by atoms with E-state index in [-0.39, 0.29) is 23.0 Å². The molecule has 0 amide bonds. The van der Waals surface area contributed by atoms with Crippen LogP contribution in [0.2, 0.25) is 10.0 Å². The van der Waals surface area contributed by atoms with Gasteiger partial charge in [0, 0.05) is 27.9 Å². The highest BCUT2D eigenvalue weighted by Crippen LogP contribution is 2.28. The van der Waals surface area contributed by atoms with Gasteiger partial charge in [-0.1, -0.05) is 23.2 Å². The number of nitrogens with one attached hydrogen (secondary N) is 1. The average Bonchev–Trinajstić information content (AvgIpc) is 2.82. The molecule has 114 valence electrons. The van der Waals surface area contributed by atoms with Crippen molar-refractivity contribution in [2.45, 2.75) is 24.9 Å². The van der Waals surface area contributed by atoms with Crippen molar-refractivity contribution < 1.29 is 8.42 Å². The lowest BCUT2D eigenvalue weighted by molar-refractivity contribution is 0.581. The maximum atomic E-state index is 12.3. The van der Waals surface area contributed by atoms with Crippen molar-refractivity contribution in [3.8, 4) is 0 Å². The molecule has 1 heterocycles. The second-order valence-corrected chi connectivity index (χ2v) is 8.34. The van der Waals surface area contributed by atoms with E-state index < -0.39 is 10.0 Å². The van der Waals surface area contributed by atoms with Gasteiger partial charge in [0.15, 0.2) is 0 Å². The standard InChI is InChI=1S/C13H14Cl2N2O2S2/c1-8-2-3-10(20-8)7-17-21(18,19)13-4-9(6-16)11(14)5-12(13)15/h2-5,17H,6-7,16H2,1H3. The van der Waals surface area contributed by atoms with Crippen LogP contribution in [0.4, 0.5) is 0 Å². The smallest absolute Gasteiger partial charge is 0.242 e. The molecule has 0 aliphatic rings. The van der Waals surface area contributed by atoms with E-state index in [1.807, 2.05) is 19.1 Å². The molecule has 3 N–H and O–H groups in total. The first-order valence-corrected chi connectivity index (χ1v) is 9.12. The molecular weight excluding hydrogens is 351 g/mol. The molecule has 0 saturated carbocycles. The zero-order valence-corrected chi connectivity index (χ0v) is 14.3. The highest BCUT2D eigenvalue weighted by atomic mass is 35.5. The number of nitrogens with two attached hydrogens (primary N) is 1. The van der Waals surface area contributed by atoms with E-state index in [0.717, 1.165) is 9.75 Å². The van der Waals surface area contributed by atoms with Gasteiger partial charge in [-0.3, -0.25) is 0 Å². The highest BCUT2D eigenvalue weighted by Gasteiger charge is 2.20. The van der Waals surface area contributed by atoms with Crippen LogP contribution >= 0.6 is 34.5 Å². The maximum Gasteiger partial charge on any atom is 0.242 e. The summed E-state index contributed by atoms with van der Waals surface area (Å²) in [5, 5.41) is 0.433. The van der Waals surface area contributed by atoms with Crippen molar-refractivity contribution in [3.63, 3.8) is 0 Å². The summed E-state index contributed by atoms with van der Waals surface area (Å²) >= 11 is 13.5. The van der Waals surface area contributed by atoms with E-state index in [4.69, 9.17) is 28.9 Å². The summed E-state index contributed by atoms with van der Waals surface area (Å²) in [6.45, 7) is 2.33. The van der Waals surface area contributed by atoms with Crippen LogP contribution in [-0.4, -0.2) is 8.42 Å². The second kappa shape index (κ2) is 6.64. The summed E-state index contributed by atoms with van der Waals surface area (Å²) in [5.74, 6) is 0. The Morgan fingerprint density at radius 2 is 1.95 bits per heavy atom. The molecule has 0 unspecified atom stereocenters. The van der Waals surface area contributed by atoms with Crippen LogP contribution in [0, 0.1) is 6.92 Å². The molecule has 2 rings (SSSR count). The number of aryl methyl sites for hydroxylation is 1. The first-order chi connectivity index (χ1) is 9.83. The Bertz CT molecular complexity index is 758. The zero-order chi connectivity index (χ0) is 15.6. The lowest BCUT2D eigenvalue weighted by atomic mass is 10.2. The Kier molecular flexibility index (Phi) is 5.29. The highest BCUT2D eigenvalue weighted by molar-refractivity contribution is 7.89. The molecule has 0 aliphatic heterocycles. The van der Waals surface area contributed by atoms with Crippen LogP contribution in [0.5, 0.6) is 0 Å². The Morgan fingerprint density at radius 1 is 1.24 bits per heavy atom. The van der Waals surface area contributed by atoms with Gasteiger partial charge in [-0.05, 0) is 36.8 Å². The largest absolute Gasteiger partial charge is 0.326 e. The van der Waals surface area contributed by atoms with Gasteiger partial charge in [0.05, 0.1) is 5.02 Å². The van der Waals surface area contributed by atoms with Crippen molar-refractivity contribution in [3.05, 3.63) is 49.6 Å². The van der Waals surface area contributed by atoms with E-state index in [2.05, 4.69) is 4.72 Å². The molecule has 2 aromatic rings. The number of halogens is 2. The molecule has 4 nitrogen and oxygen atoms in total. The van der Waals surface area contributed by atoms with E-state index in [1.165, 1.54) is 23.5 Å². The summed E-state index contributed by atoms with van der Waals surface area (Å²) in [6, 6.07) is 6.63. The van der Waals surface area contributed by atoms with Gasteiger partial charge in [-0.15, -0.1) is 11.3 Å².